The second-order valence-electron chi connectivity index (χ2n) is 3.92. The summed E-state index contributed by atoms with van der Waals surface area (Å²) in [6.07, 6.45) is 0.893. The molecule has 17 heavy (non-hydrogen) atoms. The summed E-state index contributed by atoms with van der Waals surface area (Å²) in [6.45, 7) is 2.55. The number of ketones is 1. The first kappa shape index (κ1) is 13.8. The van der Waals surface area contributed by atoms with Gasteiger partial charge in [0, 0.05) is 12.3 Å². The Hall–Kier alpha value is -1.30. The van der Waals surface area contributed by atoms with Crippen molar-refractivity contribution in [2.75, 3.05) is 6.26 Å². The molecule has 0 aliphatic rings. The number of rotatable bonds is 3. The predicted molar refractivity (Wildman–Crippen MR) is 59.7 cm³/mol. The van der Waals surface area contributed by atoms with Crippen LogP contribution in [0.4, 0.5) is 8.78 Å². The third-order valence-electron chi connectivity index (χ3n) is 2.53. The molecule has 0 aliphatic carbocycles. The maximum absolute atomic E-state index is 13.4. The van der Waals surface area contributed by atoms with Gasteiger partial charge in [-0.3, -0.25) is 4.79 Å². The van der Waals surface area contributed by atoms with Gasteiger partial charge >= 0.3 is 0 Å². The van der Waals surface area contributed by atoms with Crippen molar-refractivity contribution in [2.45, 2.75) is 19.1 Å². The van der Waals surface area contributed by atoms with Crippen LogP contribution in [0, 0.1) is 18.6 Å². The number of carbonyl (C=O) groups excluding carboxylic acids is 1. The van der Waals surface area contributed by atoms with Crippen LogP contribution in [-0.2, 0) is 9.84 Å². The molecule has 3 nitrogen and oxygen atoms in total. The van der Waals surface area contributed by atoms with Crippen LogP contribution in [0.5, 0.6) is 0 Å². The van der Waals surface area contributed by atoms with Crippen molar-refractivity contribution in [3.63, 3.8) is 0 Å². The fraction of sp³-hybridized carbons (Fsp3) is 0.364. The second kappa shape index (κ2) is 4.52. The molecule has 1 rings (SSSR count). The molecular weight excluding hydrogens is 250 g/mol. The number of Topliss-reactive ketones (excluding diaryl/α,β-unsaturated/α-hetero) is 1. The molecule has 0 spiro atoms. The molecule has 6 heteroatoms. The molecule has 94 valence electrons. The minimum absolute atomic E-state index is 0.0930. The molecule has 0 saturated heterocycles. The van der Waals surface area contributed by atoms with Crippen LogP contribution >= 0.6 is 0 Å². The molecule has 0 bridgehead atoms. The molecular formula is C11H12F2O3S. The highest BCUT2D eigenvalue weighted by Crippen LogP contribution is 2.17. The Morgan fingerprint density at radius 2 is 1.76 bits per heavy atom. The van der Waals surface area contributed by atoms with Crippen LogP contribution in [0.3, 0.4) is 0 Å². The highest BCUT2D eigenvalue weighted by atomic mass is 32.2. The lowest BCUT2D eigenvalue weighted by molar-refractivity contribution is 0.0987. The van der Waals surface area contributed by atoms with Gasteiger partial charge in [-0.15, -0.1) is 0 Å². The smallest absolute Gasteiger partial charge is 0.183 e. The van der Waals surface area contributed by atoms with Gasteiger partial charge in [-0.25, -0.2) is 17.2 Å². The fourth-order valence-corrected chi connectivity index (χ4v) is 1.78. The van der Waals surface area contributed by atoms with Gasteiger partial charge in [0.1, 0.15) is 16.9 Å². The first-order chi connectivity index (χ1) is 7.64. The molecule has 0 aliphatic heterocycles. The average Bonchev–Trinajstić information content (AvgIpc) is 2.20. The standard InChI is InChI=1S/C11H12F2O3S/c1-6-4-8(10(13)5-9(6)12)11(14)7(2)17(3,15)16/h4-5,7H,1-3H3. The quantitative estimate of drug-likeness (QED) is 0.782. The summed E-state index contributed by atoms with van der Waals surface area (Å²) < 4.78 is 48.7. The number of halogens is 2. The van der Waals surface area contributed by atoms with Gasteiger partial charge in [0.2, 0.25) is 0 Å². The van der Waals surface area contributed by atoms with Gasteiger partial charge in [0.05, 0.1) is 5.56 Å². The van der Waals surface area contributed by atoms with Crippen molar-refractivity contribution in [3.05, 3.63) is 34.9 Å². The molecule has 1 aromatic carbocycles. The summed E-state index contributed by atoms with van der Waals surface area (Å²) in [5.74, 6) is -2.69. The molecule has 0 fully saturated rings. The van der Waals surface area contributed by atoms with Crippen molar-refractivity contribution < 1.29 is 22.0 Å². The van der Waals surface area contributed by atoms with E-state index in [0.29, 0.717) is 6.07 Å². The molecule has 0 aromatic heterocycles. The molecule has 0 saturated carbocycles. The topological polar surface area (TPSA) is 51.2 Å². The zero-order valence-electron chi connectivity index (χ0n) is 9.62. The summed E-state index contributed by atoms with van der Waals surface area (Å²) in [5, 5.41) is -1.35. The van der Waals surface area contributed by atoms with Gasteiger partial charge in [0.25, 0.3) is 0 Å². The predicted octanol–water partition coefficient (Wildman–Crippen LogP) is 1.89. The summed E-state index contributed by atoms with van der Waals surface area (Å²) >= 11 is 0. The molecule has 0 radical (unpaired) electrons. The van der Waals surface area contributed by atoms with E-state index in [1.807, 2.05) is 0 Å². The van der Waals surface area contributed by atoms with Gasteiger partial charge in [-0.2, -0.15) is 0 Å². The number of sulfone groups is 1. The molecule has 1 unspecified atom stereocenters. The van der Waals surface area contributed by atoms with Crippen LogP contribution < -0.4 is 0 Å². The fourth-order valence-electron chi connectivity index (χ4n) is 1.26. The summed E-state index contributed by atoms with van der Waals surface area (Å²) in [6, 6.07) is 1.60. The lowest BCUT2D eigenvalue weighted by Gasteiger charge is -2.10. The van der Waals surface area contributed by atoms with Gasteiger partial charge in [0.15, 0.2) is 15.6 Å². The summed E-state index contributed by atoms with van der Waals surface area (Å²) in [5.41, 5.74) is -0.308. The molecule has 0 amide bonds. The maximum atomic E-state index is 13.4. The first-order valence-electron chi connectivity index (χ1n) is 4.83. The zero-order chi connectivity index (χ0) is 13.4. The van der Waals surface area contributed by atoms with E-state index in [1.54, 1.807) is 0 Å². The van der Waals surface area contributed by atoms with E-state index >= 15 is 0 Å². The highest BCUT2D eigenvalue weighted by Gasteiger charge is 2.27. The van der Waals surface area contributed by atoms with E-state index in [1.165, 1.54) is 13.8 Å². The molecule has 0 heterocycles. The Morgan fingerprint density at radius 1 is 1.24 bits per heavy atom. The lowest BCUT2D eigenvalue weighted by Crippen LogP contribution is -2.27. The largest absolute Gasteiger partial charge is 0.293 e. The van der Waals surface area contributed by atoms with Gasteiger partial charge in [-0.1, -0.05) is 0 Å². The first-order valence-corrected chi connectivity index (χ1v) is 6.78. The minimum atomic E-state index is -3.60. The SMILES string of the molecule is Cc1cc(C(=O)C(C)S(C)(=O)=O)c(F)cc1F. The Balaban J connectivity index is 3.27. The monoisotopic (exact) mass is 262 g/mol. The van der Waals surface area contributed by atoms with E-state index in [4.69, 9.17) is 0 Å². The number of benzene rings is 1. The number of hydrogen-bond donors (Lipinski definition) is 0. The van der Waals surface area contributed by atoms with Crippen molar-refractivity contribution in [1.82, 2.24) is 0 Å². The van der Waals surface area contributed by atoms with Crippen molar-refractivity contribution >= 4 is 15.6 Å². The third kappa shape index (κ3) is 2.88. The number of aryl methyl sites for hydroxylation is 1. The third-order valence-corrected chi connectivity index (χ3v) is 4.02. The molecule has 1 aromatic rings. The minimum Gasteiger partial charge on any atom is -0.293 e. The van der Waals surface area contributed by atoms with Crippen molar-refractivity contribution in [3.8, 4) is 0 Å². The van der Waals surface area contributed by atoms with E-state index in [9.17, 15) is 22.0 Å². The van der Waals surface area contributed by atoms with Crippen LogP contribution in [0.15, 0.2) is 12.1 Å². The zero-order valence-corrected chi connectivity index (χ0v) is 10.4. The lowest BCUT2D eigenvalue weighted by atomic mass is 10.0. The Labute approximate surface area is 98.4 Å². The van der Waals surface area contributed by atoms with Crippen molar-refractivity contribution in [1.29, 1.82) is 0 Å². The average molecular weight is 262 g/mol. The highest BCUT2D eigenvalue weighted by molar-refractivity contribution is 7.92. The van der Waals surface area contributed by atoms with Gasteiger partial charge < -0.3 is 0 Å². The van der Waals surface area contributed by atoms with Crippen LogP contribution in [0.2, 0.25) is 0 Å². The molecule has 0 N–H and O–H groups in total. The normalized spacial score (nSPS) is 13.5. The maximum Gasteiger partial charge on any atom is 0.183 e. The number of hydrogen-bond acceptors (Lipinski definition) is 3. The Morgan fingerprint density at radius 3 is 2.24 bits per heavy atom. The second-order valence-corrected chi connectivity index (χ2v) is 6.28. The summed E-state index contributed by atoms with van der Waals surface area (Å²) in [4.78, 5) is 11.7. The van der Waals surface area contributed by atoms with E-state index in [-0.39, 0.29) is 5.56 Å². The molecule has 1 atom stereocenters. The van der Waals surface area contributed by atoms with E-state index in [0.717, 1.165) is 12.3 Å². The van der Waals surface area contributed by atoms with Crippen LogP contribution in [0.25, 0.3) is 0 Å². The van der Waals surface area contributed by atoms with Crippen LogP contribution in [0.1, 0.15) is 22.8 Å². The Bertz CT molecular complexity index is 564. The Kier molecular flexibility index (Phi) is 3.66. The number of carbonyl (C=O) groups is 1. The van der Waals surface area contributed by atoms with E-state index < -0.39 is 38.1 Å². The van der Waals surface area contributed by atoms with Crippen molar-refractivity contribution in [2.24, 2.45) is 0 Å². The summed E-state index contributed by atoms with van der Waals surface area (Å²) in [7, 11) is -3.60. The van der Waals surface area contributed by atoms with E-state index in [2.05, 4.69) is 0 Å². The van der Waals surface area contributed by atoms with Gasteiger partial charge in [-0.05, 0) is 25.5 Å². The van der Waals surface area contributed by atoms with Crippen LogP contribution in [-0.4, -0.2) is 25.7 Å².